The second kappa shape index (κ2) is 11.5. The lowest BCUT2D eigenvalue weighted by Crippen LogP contribution is -2.14. The number of nitrogens with one attached hydrogen (secondary N) is 3. The minimum Gasteiger partial charge on any atom is -0.497 e. The molecule has 196 valence electrons. The minimum absolute atomic E-state index is 0.229. The van der Waals surface area contributed by atoms with E-state index >= 15 is 0 Å². The summed E-state index contributed by atoms with van der Waals surface area (Å²) in [7, 11) is 1.64. The molecule has 8 nitrogen and oxygen atoms in total. The summed E-state index contributed by atoms with van der Waals surface area (Å²) in [6, 6.07) is 28.5. The number of carbonyl (C=O) groups is 1. The molecule has 1 heterocycles. The zero-order valence-electron chi connectivity index (χ0n) is 22.0. The van der Waals surface area contributed by atoms with E-state index in [1.165, 1.54) is 0 Å². The highest BCUT2D eigenvalue weighted by molar-refractivity contribution is 6.15. The molecule has 0 spiro atoms. The first-order valence-electron chi connectivity index (χ1n) is 12.6. The van der Waals surface area contributed by atoms with Gasteiger partial charge in [0.05, 0.1) is 19.3 Å². The van der Waals surface area contributed by atoms with Crippen molar-refractivity contribution in [2.24, 2.45) is 0 Å². The van der Waals surface area contributed by atoms with Crippen LogP contribution in [0.15, 0.2) is 91.0 Å². The average Bonchev–Trinajstić information content (AvgIpc) is 2.94. The Bertz CT molecular complexity index is 1600. The van der Waals surface area contributed by atoms with Crippen molar-refractivity contribution < 1.29 is 14.3 Å². The zero-order valence-corrected chi connectivity index (χ0v) is 22.0. The number of carbonyl (C=O) groups excluding carboxylic acids is 1. The van der Waals surface area contributed by atoms with Gasteiger partial charge >= 0.3 is 0 Å². The smallest absolute Gasteiger partial charge is 0.260 e. The topological polar surface area (TPSA) is 97.4 Å². The van der Waals surface area contributed by atoms with E-state index in [0.29, 0.717) is 35.4 Å². The monoisotopic (exact) mass is 519 g/mol. The fourth-order valence-corrected chi connectivity index (χ4v) is 4.23. The molecule has 3 N–H and O–H groups in total. The normalized spacial score (nSPS) is 10.6. The number of amides is 1. The number of aromatic nitrogens is 2. The van der Waals surface area contributed by atoms with E-state index in [9.17, 15) is 4.79 Å². The van der Waals surface area contributed by atoms with Crippen molar-refractivity contribution in [3.05, 3.63) is 102 Å². The van der Waals surface area contributed by atoms with Gasteiger partial charge in [-0.3, -0.25) is 4.79 Å². The van der Waals surface area contributed by atoms with Gasteiger partial charge in [-0.2, -0.15) is 4.98 Å². The number of methoxy groups -OCH3 is 1. The van der Waals surface area contributed by atoms with Gasteiger partial charge in [-0.25, -0.2) is 4.98 Å². The lowest BCUT2D eigenvalue weighted by Gasteiger charge is -2.14. The highest BCUT2D eigenvalue weighted by atomic mass is 16.5. The number of fused-ring (bicyclic) bond motifs is 1. The van der Waals surface area contributed by atoms with Gasteiger partial charge in [0, 0.05) is 28.8 Å². The third kappa shape index (κ3) is 6.07. The number of rotatable bonds is 9. The first kappa shape index (κ1) is 25.5. The molecule has 1 aromatic heterocycles. The standard InChI is InChI=1S/C31H29N5O3/c1-4-39-27-18-9-21-7-5-6-8-26(21)29(27)30(37)34-23-10-12-24(13-11-23)35-31-32-20(2)19-28(36-31)33-22-14-16-25(38-3)17-15-22/h5-19H,4H2,1-3H3,(H,34,37)(H2,32,33,35,36). The van der Waals surface area contributed by atoms with Crippen LogP contribution in [0.1, 0.15) is 23.0 Å². The Morgan fingerprint density at radius 3 is 2.26 bits per heavy atom. The van der Waals surface area contributed by atoms with E-state index in [1.54, 1.807) is 7.11 Å². The molecule has 0 atom stereocenters. The van der Waals surface area contributed by atoms with Gasteiger partial charge in [0.2, 0.25) is 5.95 Å². The molecule has 0 unspecified atom stereocenters. The summed E-state index contributed by atoms with van der Waals surface area (Å²) in [6.07, 6.45) is 0. The van der Waals surface area contributed by atoms with Gasteiger partial charge in [-0.05, 0) is 79.2 Å². The van der Waals surface area contributed by atoms with E-state index in [1.807, 2.05) is 105 Å². The molecule has 0 aliphatic heterocycles. The van der Waals surface area contributed by atoms with Crippen molar-refractivity contribution in [3.8, 4) is 11.5 Å². The maximum absolute atomic E-state index is 13.3. The van der Waals surface area contributed by atoms with Crippen LogP contribution in [0, 0.1) is 6.92 Å². The molecular weight excluding hydrogens is 490 g/mol. The molecule has 39 heavy (non-hydrogen) atoms. The maximum atomic E-state index is 13.3. The molecule has 1 amide bonds. The largest absolute Gasteiger partial charge is 0.497 e. The van der Waals surface area contributed by atoms with Crippen molar-refractivity contribution in [2.45, 2.75) is 13.8 Å². The van der Waals surface area contributed by atoms with Crippen LogP contribution in [0.5, 0.6) is 11.5 Å². The van der Waals surface area contributed by atoms with Crippen LogP contribution in [0.25, 0.3) is 10.8 Å². The van der Waals surface area contributed by atoms with Crippen LogP contribution in [0.3, 0.4) is 0 Å². The molecular formula is C31H29N5O3. The second-order valence-corrected chi connectivity index (χ2v) is 8.82. The Balaban J connectivity index is 1.30. The molecule has 4 aromatic carbocycles. The quantitative estimate of drug-likeness (QED) is 0.191. The van der Waals surface area contributed by atoms with Crippen molar-refractivity contribution in [1.29, 1.82) is 0 Å². The van der Waals surface area contributed by atoms with E-state index < -0.39 is 0 Å². The maximum Gasteiger partial charge on any atom is 0.260 e. The zero-order chi connectivity index (χ0) is 27.2. The SMILES string of the molecule is CCOc1ccc2ccccc2c1C(=O)Nc1ccc(Nc2nc(C)cc(Nc3ccc(OC)cc3)n2)cc1. The Morgan fingerprint density at radius 2 is 1.51 bits per heavy atom. The van der Waals surface area contributed by atoms with Crippen LogP contribution >= 0.6 is 0 Å². The van der Waals surface area contributed by atoms with Gasteiger partial charge in [-0.1, -0.05) is 30.3 Å². The van der Waals surface area contributed by atoms with Crippen molar-refractivity contribution in [2.75, 3.05) is 29.7 Å². The molecule has 0 fully saturated rings. The number of nitrogens with zero attached hydrogens (tertiary/aromatic N) is 2. The molecule has 8 heteroatoms. The van der Waals surface area contributed by atoms with Crippen LogP contribution in [-0.2, 0) is 0 Å². The van der Waals surface area contributed by atoms with Crippen molar-refractivity contribution in [1.82, 2.24) is 9.97 Å². The van der Waals surface area contributed by atoms with E-state index in [0.717, 1.165) is 33.6 Å². The average molecular weight is 520 g/mol. The predicted octanol–water partition coefficient (Wildman–Crippen LogP) is 7.09. The Kier molecular flexibility index (Phi) is 7.54. The molecule has 0 saturated carbocycles. The fourth-order valence-electron chi connectivity index (χ4n) is 4.23. The lowest BCUT2D eigenvalue weighted by molar-refractivity contribution is 0.102. The minimum atomic E-state index is -0.229. The van der Waals surface area contributed by atoms with Crippen molar-refractivity contribution >= 4 is 45.5 Å². The molecule has 0 saturated heterocycles. The second-order valence-electron chi connectivity index (χ2n) is 8.82. The van der Waals surface area contributed by atoms with Crippen LogP contribution < -0.4 is 25.4 Å². The van der Waals surface area contributed by atoms with Crippen LogP contribution in [0.4, 0.5) is 28.8 Å². The molecule has 0 aliphatic carbocycles. The lowest BCUT2D eigenvalue weighted by atomic mass is 10.0. The van der Waals surface area contributed by atoms with E-state index in [4.69, 9.17) is 9.47 Å². The Hall–Kier alpha value is -5.11. The summed E-state index contributed by atoms with van der Waals surface area (Å²) in [5.74, 6) is 2.24. The first-order valence-corrected chi connectivity index (χ1v) is 12.6. The summed E-state index contributed by atoms with van der Waals surface area (Å²) >= 11 is 0. The van der Waals surface area contributed by atoms with Gasteiger partial charge in [0.15, 0.2) is 0 Å². The third-order valence-electron chi connectivity index (χ3n) is 6.03. The first-order chi connectivity index (χ1) is 19.0. The van der Waals surface area contributed by atoms with E-state index in [2.05, 4.69) is 25.9 Å². The Morgan fingerprint density at radius 1 is 0.821 bits per heavy atom. The molecule has 0 aliphatic rings. The summed E-state index contributed by atoms with van der Waals surface area (Å²) < 4.78 is 11.0. The van der Waals surface area contributed by atoms with Gasteiger partial charge < -0.3 is 25.4 Å². The van der Waals surface area contributed by atoms with Crippen LogP contribution in [0.2, 0.25) is 0 Å². The highest BCUT2D eigenvalue weighted by Gasteiger charge is 2.17. The summed E-state index contributed by atoms with van der Waals surface area (Å²) in [5.41, 5.74) is 3.66. The number of hydrogen-bond donors (Lipinski definition) is 3. The Labute approximate surface area is 227 Å². The van der Waals surface area contributed by atoms with Crippen LogP contribution in [-0.4, -0.2) is 29.6 Å². The third-order valence-corrected chi connectivity index (χ3v) is 6.03. The van der Waals surface area contributed by atoms with E-state index in [-0.39, 0.29) is 5.91 Å². The molecule has 0 radical (unpaired) electrons. The molecule has 5 rings (SSSR count). The number of ether oxygens (including phenoxy) is 2. The number of hydrogen-bond acceptors (Lipinski definition) is 7. The number of aryl methyl sites for hydroxylation is 1. The number of benzene rings is 4. The molecule has 0 bridgehead atoms. The summed E-state index contributed by atoms with van der Waals surface area (Å²) in [5, 5.41) is 11.3. The fraction of sp³-hybridized carbons (Fsp3) is 0.129. The highest BCUT2D eigenvalue weighted by Crippen LogP contribution is 2.29. The summed E-state index contributed by atoms with van der Waals surface area (Å²) in [6.45, 7) is 4.28. The van der Waals surface area contributed by atoms with Gasteiger partial charge in [0.1, 0.15) is 17.3 Å². The molecule has 5 aromatic rings. The summed E-state index contributed by atoms with van der Waals surface area (Å²) in [4.78, 5) is 22.4. The van der Waals surface area contributed by atoms with Gasteiger partial charge in [-0.15, -0.1) is 0 Å². The van der Waals surface area contributed by atoms with Crippen molar-refractivity contribution in [3.63, 3.8) is 0 Å². The van der Waals surface area contributed by atoms with Gasteiger partial charge in [0.25, 0.3) is 5.91 Å². The predicted molar refractivity (Wildman–Crippen MR) is 156 cm³/mol. The number of anilines is 5.